The maximum Gasteiger partial charge on any atom is 0.376 e. The van der Waals surface area contributed by atoms with E-state index in [4.69, 9.17) is 9.15 Å². The van der Waals surface area contributed by atoms with E-state index in [2.05, 4.69) is 10.3 Å². The van der Waals surface area contributed by atoms with E-state index in [9.17, 15) is 4.79 Å². The molecule has 2 rings (SSSR count). The Hall–Kier alpha value is -2.30. The second-order valence-electron chi connectivity index (χ2n) is 3.74. The van der Waals surface area contributed by atoms with E-state index in [1.807, 2.05) is 31.2 Å². The Morgan fingerprint density at radius 2 is 2.33 bits per heavy atom. The molecule has 0 radical (unpaired) electrons. The maximum absolute atomic E-state index is 11.4. The molecule has 0 fully saturated rings. The zero-order chi connectivity index (χ0) is 13.0. The van der Waals surface area contributed by atoms with Crippen LogP contribution in [-0.2, 0) is 4.74 Å². The van der Waals surface area contributed by atoms with Crippen LogP contribution < -0.4 is 5.32 Å². The lowest BCUT2D eigenvalue weighted by molar-refractivity contribution is 0.0491. The first kappa shape index (κ1) is 12.2. The van der Waals surface area contributed by atoms with E-state index >= 15 is 0 Å². The zero-order valence-electron chi connectivity index (χ0n) is 10.3. The average Bonchev–Trinajstić information content (AvgIpc) is 2.78. The average molecular weight is 246 g/mol. The highest BCUT2D eigenvalue weighted by Crippen LogP contribution is 2.17. The van der Waals surface area contributed by atoms with Crippen molar-refractivity contribution < 1.29 is 13.9 Å². The third kappa shape index (κ3) is 2.88. The Kier molecular flexibility index (Phi) is 3.62. The molecule has 0 unspecified atom stereocenters. The molecule has 0 saturated heterocycles. The predicted molar refractivity (Wildman–Crippen MR) is 66.9 cm³/mol. The fraction of sp³-hybridized carbons (Fsp3) is 0.231. The summed E-state index contributed by atoms with van der Waals surface area (Å²) in [7, 11) is 0. The van der Waals surface area contributed by atoms with Crippen molar-refractivity contribution in [1.82, 2.24) is 4.98 Å². The lowest BCUT2D eigenvalue weighted by Crippen LogP contribution is -2.02. The normalized spacial score (nSPS) is 10.1. The fourth-order valence-corrected chi connectivity index (χ4v) is 1.47. The molecule has 0 aliphatic heterocycles. The second-order valence-corrected chi connectivity index (χ2v) is 3.74. The smallest absolute Gasteiger partial charge is 0.376 e. The highest BCUT2D eigenvalue weighted by atomic mass is 16.5. The van der Waals surface area contributed by atoms with Gasteiger partial charge >= 0.3 is 5.97 Å². The van der Waals surface area contributed by atoms with Crippen molar-refractivity contribution in [3.8, 4) is 0 Å². The molecule has 1 aromatic heterocycles. The van der Waals surface area contributed by atoms with Gasteiger partial charge in [-0.2, -0.15) is 0 Å². The molecule has 0 aliphatic carbocycles. The lowest BCUT2D eigenvalue weighted by Gasteiger charge is -2.02. The number of rotatable bonds is 4. The molecule has 18 heavy (non-hydrogen) atoms. The molecule has 0 spiro atoms. The number of hydrogen-bond acceptors (Lipinski definition) is 5. The van der Waals surface area contributed by atoms with E-state index in [0.717, 1.165) is 11.3 Å². The van der Waals surface area contributed by atoms with E-state index in [1.54, 1.807) is 6.92 Å². The van der Waals surface area contributed by atoms with Gasteiger partial charge in [0.1, 0.15) is 0 Å². The predicted octanol–water partition coefficient (Wildman–Crippen LogP) is 2.90. The summed E-state index contributed by atoms with van der Waals surface area (Å²) in [5.74, 6) is -0.422. The van der Waals surface area contributed by atoms with Gasteiger partial charge in [-0.1, -0.05) is 12.1 Å². The van der Waals surface area contributed by atoms with Gasteiger partial charge in [0.2, 0.25) is 5.76 Å². The van der Waals surface area contributed by atoms with Crippen molar-refractivity contribution in [3.63, 3.8) is 0 Å². The molecular formula is C13H14N2O3. The quantitative estimate of drug-likeness (QED) is 0.840. The number of carbonyl (C=O) groups is 1. The van der Waals surface area contributed by atoms with Gasteiger partial charge in [-0.15, -0.1) is 0 Å². The summed E-state index contributed by atoms with van der Waals surface area (Å²) < 4.78 is 10.1. The van der Waals surface area contributed by atoms with Crippen LogP contribution >= 0.6 is 0 Å². The van der Waals surface area contributed by atoms with Crippen LogP contribution in [0.4, 0.5) is 11.7 Å². The highest BCUT2D eigenvalue weighted by Gasteiger charge is 2.13. The number of nitrogens with zero attached hydrogens (tertiary/aromatic N) is 1. The molecule has 5 nitrogen and oxygen atoms in total. The first-order valence-electron chi connectivity index (χ1n) is 5.65. The Morgan fingerprint density at radius 1 is 1.50 bits per heavy atom. The van der Waals surface area contributed by atoms with Crippen molar-refractivity contribution in [2.75, 3.05) is 11.9 Å². The summed E-state index contributed by atoms with van der Waals surface area (Å²) in [6.45, 7) is 4.03. The van der Waals surface area contributed by atoms with Crippen LogP contribution in [0.1, 0.15) is 23.0 Å². The van der Waals surface area contributed by atoms with Gasteiger partial charge in [-0.05, 0) is 31.5 Å². The van der Waals surface area contributed by atoms with Gasteiger partial charge < -0.3 is 14.5 Å². The minimum Gasteiger partial charge on any atom is -0.460 e. The number of anilines is 2. The number of aromatic nitrogens is 1. The number of carbonyl (C=O) groups excluding carboxylic acids is 1. The summed E-state index contributed by atoms with van der Waals surface area (Å²) in [6, 6.07) is 8.02. The summed E-state index contributed by atoms with van der Waals surface area (Å²) in [5.41, 5.74) is 1.98. The number of hydrogen-bond donors (Lipinski definition) is 1. The second kappa shape index (κ2) is 5.35. The molecule has 0 amide bonds. The third-order valence-corrected chi connectivity index (χ3v) is 2.25. The molecule has 0 aliphatic rings. The Labute approximate surface area is 105 Å². The van der Waals surface area contributed by atoms with E-state index in [1.165, 1.54) is 6.20 Å². The Balaban J connectivity index is 2.09. The number of nitrogens with one attached hydrogen (secondary N) is 1. The van der Waals surface area contributed by atoms with Crippen LogP contribution in [0.3, 0.4) is 0 Å². The van der Waals surface area contributed by atoms with Crippen molar-refractivity contribution in [1.29, 1.82) is 0 Å². The maximum atomic E-state index is 11.4. The molecule has 94 valence electrons. The lowest BCUT2D eigenvalue weighted by atomic mass is 10.2. The molecule has 0 saturated carbocycles. The Morgan fingerprint density at radius 3 is 3.06 bits per heavy atom. The third-order valence-electron chi connectivity index (χ3n) is 2.25. The molecule has 1 heterocycles. The molecule has 1 N–H and O–H groups in total. The van der Waals surface area contributed by atoms with Crippen LogP contribution in [0.15, 0.2) is 34.9 Å². The summed E-state index contributed by atoms with van der Waals surface area (Å²) in [4.78, 5) is 15.3. The molecule has 2 aromatic rings. The van der Waals surface area contributed by atoms with Crippen LogP contribution in [0.5, 0.6) is 0 Å². The molecule has 5 heteroatoms. The van der Waals surface area contributed by atoms with Gasteiger partial charge in [0.05, 0.1) is 12.8 Å². The number of ether oxygens (including phenoxy) is 1. The van der Waals surface area contributed by atoms with Crippen LogP contribution in [-0.4, -0.2) is 17.6 Å². The van der Waals surface area contributed by atoms with E-state index in [-0.39, 0.29) is 11.8 Å². The first-order chi connectivity index (χ1) is 8.69. The molecular weight excluding hydrogens is 232 g/mol. The van der Waals surface area contributed by atoms with E-state index < -0.39 is 5.97 Å². The summed E-state index contributed by atoms with van der Waals surface area (Å²) >= 11 is 0. The van der Waals surface area contributed by atoms with Crippen molar-refractivity contribution in [2.45, 2.75) is 13.8 Å². The number of oxazole rings is 1. The van der Waals surface area contributed by atoms with Crippen LogP contribution in [0.2, 0.25) is 0 Å². The fourth-order valence-electron chi connectivity index (χ4n) is 1.47. The molecule has 0 bridgehead atoms. The number of esters is 1. The number of aryl methyl sites for hydroxylation is 1. The highest BCUT2D eigenvalue weighted by molar-refractivity contribution is 5.86. The largest absolute Gasteiger partial charge is 0.460 e. The first-order valence-corrected chi connectivity index (χ1v) is 5.65. The topological polar surface area (TPSA) is 64.4 Å². The molecule has 0 atom stereocenters. The minimum atomic E-state index is -0.512. The van der Waals surface area contributed by atoms with Gasteiger partial charge in [0, 0.05) is 5.69 Å². The van der Waals surface area contributed by atoms with Crippen LogP contribution in [0.25, 0.3) is 0 Å². The summed E-state index contributed by atoms with van der Waals surface area (Å²) in [6.07, 6.45) is 1.34. The SMILES string of the molecule is CCOC(=O)c1cnc(Nc2cccc(C)c2)o1. The van der Waals surface area contributed by atoms with Crippen molar-refractivity contribution in [3.05, 3.63) is 41.8 Å². The zero-order valence-corrected chi connectivity index (χ0v) is 10.3. The minimum absolute atomic E-state index is 0.0898. The van der Waals surface area contributed by atoms with E-state index in [0.29, 0.717) is 6.61 Å². The van der Waals surface area contributed by atoms with Gasteiger partial charge in [-0.25, -0.2) is 9.78 Å². The van der Waals surface area contributed by atoms with Gasteiger partial charge in [0.15, 0.2) is 0 Å². The molecule has 1 aromatic carbocycles. The van der Waals surface area contributed by atoms with Crippen LogP contribution in [0, 0.1) is 6.92 Å². The van der Waals surface area contributed by atoms with Gasteiger partial charge in [-0.3, -0.25) is 0 Å². The number of benzene rings is 1. The Bertz CT molecular complexity index is 549. The standard InChI is InChI=1S/C13H14N2O3/c1-3-17-12(16)11-8-14-13(18-11)15-10-6-4-5-9(2)7-10/h4-8H,3H2,1-2H3,(H,14,15). The summed E-state index contributed by atoms with van der Waals surface area (Å²) in [5, 5.41) is 2.98. The van der Waals surface area contributed by atoms with Crippen molar-refractivity contribution in [2.24, 2.45) is 0 Å². The van der Waals surface area contributed by atoms with Crippen molar-refractivity contribution >= 4 is 17.7 Å². The van der Waals surface area contributed by atoms with Gasteiger partial charge in [0.25, 0.3) is 6.01 Å². The monoisotopic (exact) mass is 246 g/mol.